The number of sulfone groups is 1. The highest BCUT2D eigenvalue weighted by Crippen LogP contribution is 2.32. The second kappa shape index (κ2) is 9.17. The lowest BCUT2D eigenvalue weighted by Gasteiger charge is -2.35. The largest absolute Gasteiger partial charge is 0.334 e. The zero-order chi connectivity index (χ0) is 24.1. The molecule has 1 atom stereocenters. The molecule has 1 aliphatic carbocycles. The molecule has 1 fully saturated rings. The molecule has 1 saturated carbocycles. The van der Waals surface area contributed by atoms with Crippen molar-refractivity contribution in [1.82, 2.24) is 14.5 Å². The van der Waals surface area contributed by atoms with E-state index in [9.17, 15) is 18.0 Å². The van der Waals surface area contributed by atoms with Crippen molar-refractivity contribution in [2.24, 2.45) is 0 Å². The number of rotatable bonds is 3. The average molecular weight is 530 g/mol. The van der Waals surface area contributed by atoms with Crippen molar-refractivity contribution in [1.29, 1.82) is 0 Å². The van der Waals surface area contributed by atoms with Gasteiger partial charge in [0.2, 0.25) is 0 Å². The fourth-order valence-corrected chi connectivity index (χ4v) is 6.62. The zero-order valence-electron chi connectivity index (χ0n) is 18.3. The molecule has 11 heteroatoms. The van der Waals surface area contributed by atoms with Gasteiger partial charge in [-0.15, -0.1) is 0 Å². The summed E-state index contributed by atoms with van der Waals surface area (Å²) in [6.07, 6.45) is 3.87. The number of hydrogen-bond acceptors (Lipinski definition) is 5. The predicted molar refractivity (Wildman–Crippen MR) is 132 cm³/mol. The molecule has 0 saturated heterocycles. The highest BCUT2D eigenvalue weighted by molar-refractivity contribution is 7.91. The number of carbonyl (C=O) groups is 1. The minimum Gasteiger partial charge on any atom is -0.334 e. The molecule has 1 N–H and O–H groups in total. The lowest BCUT2D eigenvalue weighted by atomic mass is 9.94. The average Bonchev–Trinajstić information content (AvgIpc) is 2.75. The number of H-pyrrole nitrogens is 1. The molecule has 178 valence electrons. The minimum atomic E-state index is -3.09. The van der Waals surface area contributed by atoms with E-state index in [1.165, 1.54) is 6.26 Å². The second-order valence-corrected chi connectivity index (χ2v) is 12.5. The van der Waals surface area contributed by atoms with Crippen molar-refractivity contribution >= 4 is 51.2 Å². The molecule has 1 aromatic heterocycles. The number of benzene rings is 1. The molecule has 2 aromatic rings. The number of hydrogen-bond donors (Lipinski definition) is 1. The molecule has 0 bridgehead atoms. The topological polar surface area (TPSA) is 92.2 Å². The monoisotopic (exact) mass is 529 g/mol. The van der Waals surface area contributed by atoms with Gasteiger partial charge in [0.05, 0.1) is 21.8 Å². The van der Waals surface area contributed by atoms with Gasteiger partial charge in [0.25, 0.3) is 11.5 Å². The highest BCUT2D eigenvalue weighted by Gasteiger charge is 2.33. The summed E-state index contributed by atoms with van der Waals surface area (Å²) in [4.78, 5) is 31.4. The smallest absolute Gasteiger partial charge is 0.258 e. The van der Waals surface area contributed by atoms with Crippen molar-refractivity contribution in [2.45, 2.75) is 62.9 Å². The Hall–Kier alpha value is -1.68. The summed E-state index contributed by atoms with van der Waals surface area (Å²) in [5.74, 6) is -0.200. The Kier molecular flexibility index (Phi) is 6.79. The quantitative estimate of drug-likeness (QED) is 0.597. The van der Waals surface area contributed by atoms with Gasteiger partial charge < -0.3 is 9.88 Å². The molecule has 0 spiro atoms. The summed E-state index contributed by atoms with van der Waals surface area (Å²) in [5, 5.41) is 0.321. The lowest BCUT2D eigenvalue weighted by Crippen LogP contribution is -2.46. The van der Waals surface area contributed by atoms with Crippen LogP contribution in [0, 0.1) is 4.77 Å². The van der Waals surface area contributed by atoms with Crippen molar-refractivity contribution in [3.8, 4) is 0 Å². The van der Waals surface area contributed by atoms with E-state index in [0.717, 1.165) is 0 Å². The number of nitrogens with zero attached hydrogens (tertiary/aromatic N) is 2. The van der Waals surface area contributed by atoms with E-state index in [-0.39, 0.29) is 35.3 Å². The summed E-state index contributed by atoms with van der Waals surface area (Å²) < 4.78 is 25.7. The zero-order valence-corrected chi connectivity index (χ0v) is 21.5. The number of amides is 1. The summed E-state index contributed by atoms with van der Waals surface area (Å²) in [5.41, 5.74) is 1.54. The molecule has 0 radical (unpaired) electrons. The Morgan fingerprint density at radius 2 is 1.82 bits per heavy atom. The standard InChI is InChI=1S/C22H25Cl2N3O4S2/c1-12-9-16-19(11-26(12)20(28)13-3-8-17(23)18(24)10-13)25-22(32)27(21(16)29)14-4-6-15(7-5-14)33(2,30)31/h3,8,10,12,14-15H,4-7,9,11H2,1-2H3,(H,25,32)/t12-,14?,15?/m1/s1. The van der Waals surface area contributed by atoms with Crippen molar-refractivity contribution in [3.05, 3.63) is 60.2 Å². The Morgan fingerprint density at radius 1 is 1.15 bits per heavy atom. The van der Waals surface area contributed by atoms with Crippen LogP contribution in [-0.4, -0.2) is 46.3 Å². The van der Waals surface area contributed by atoms with Gasteiger partial charge in [-0.25, -0.2) is 8.42 Å². The Labute approximate surface area is 207 Å². The first-order valence-electron chi connectivity index (χ1n) is 10.8. The summed E-state index contributed by atoms with van der Waals surface area (Å²) in [6, 6.07) is 4.43. The van der Waals surface area contributed by atoms with Gasteiger partial charge in [-0.3, -0.25) is 14.2 Å². The number of halogens is 2. The maximum absolute atomic E-state index is 13.4. The Bertz CT molecular complexity index is 1330. The fourth-order valence-electron chi connectivity index (χ4n) is 4.84. The van der Waals surface area contributed by atoms with Gasteiger partial charge in [-0.2, -0.15) is 0 Å². The van der Waals surface area contributed by atoms with Crippen LogP contribution in [0.25, 0.3) is 0 Å². The van der Waals surface area contributed by atoms with E-state index in [1.54, 1.807) is 27.7 Å². The maximum Gasteiger partial charge on any atom is 0.258 e. The fraction of sp³-hybridized carbons (Fsp3) is 0.500. The summed E-state index contributed by atoms with van der Waals surface area (Å²) in [6.45, 7) is 2.14. The molecule has 0 unspecified atom stereocenters. The number of aromatic amines is 1. The van der Waals surface area contributed by atoms with E-state index >= 15 is 0 Å². The molecule has 4 rings (SSSR count). The summed E-state index contributed by atoms with van der Waals surface area (Å²) in [7, 11) is -3.09. The van der Waals surface area contributed by atoms with E-state index < -0.39 is 9.84 Å². The van der Waals surface area contributed by atoms with E-state index in [4.69, 9.17) is 35.4 Å². The van der Waals surface area contributed by atoms with Crippen molar-refractivity contribution < 1.29 is 13.2 Å². The van der Waals surface area contributed by atoms with E-state index in [1.807, 2.05) is 6.92 Å². The molecule has 2 aliphatic rings. The third kappa shape index (κ3) is 4.78. The van der Waals surface area contributed by atoms with Crippen LogP contribution in [0.15, 0.2) is 23.0 Å². The van der Waals surface area contributed by atoms with E-state index in [2.05, 4.69) is 4.98 Å². The van der Waals surface area contributed by atoms with Crippen LogP contribution < -0.4 is 5.56 Å². The van der Waals surface area contributed by atoms with Crippen LogP contribution in [0.3, 0.4) is 0 Å². The van der Waals surface area contributed by atoms with Gasteiger partial charge in [0, 0.05) is 35.2 Å². The number of nitrogens with one attached hydrogen (secondary N) is 1. The van der Waals surface area contributed by atoms with Crippen LogP contribution in [0.2, 0.25) is 10.0 Å². The molecule has 1 aliphatic heterocycles. The first kappa shape index (κ1) is 24.4. The SMILES string of the molecule is C[C@@H]1Cc2c([nH]c(=S)n(C3CCC(S(C)(=O)=O)CC3)c2=O)CN1C(=O)c1ccc(Cl)c(Cl)c1. The second-order valence-electron chi connectivity index (χ2n) is 8.94. The number of fused-ring (bicyclic) bond motifs is 1. The predicted octanol–water partition coefficient (Wildman–Crippen LogP) is 4.33. The van der Waals surface area contributed by atoms with Crippen LogP contribution in [-0.2, 0) is 22.8 Å². The molecule has 2 heterocycles. The van der Waals surface area contributed by atoms with Gasteiger partial charge in [-0.1, -0.05) is 23.2 Å². The van der Waals surface area contributed by atoms with Gasteiger partial charge >= 0.3 is 0 Å². The Balaban J connectivity index is 1.61. The van der Waals surface area contributed by atoms with Gasteiger partial charge in [-0.05, 0) is 69.4 Å². The molecular formula is C22H25Cl2N3O4S2. The van der Waals surface area contributed by atoms with Crippen LogP contribution in [0.4, 0.5) is 0 Å². The molecule has 1 aromatic carbocycles. The third-order valence-corrected chi connectivity index (χ3v) is 9.44. The molecule has 1 amide bonds. The molecular weight excluding hydrogens is 505 g/mol. The minimum absolute atomic E-state index is 0.129. The first-order chi connectivity index (χ1) is 15.5. The van der Waals surface area contributed by atoms with Gasteiger partial charge in [0.1, 0.15) is 9.84 Å². The maximum atomic E-state index is 13.4. The molecule has 7 nitrogen and oxygen atoms in total. The van der Waals surface area contributed by atoms with Crippen molar-refractivity contribution in [3.63, 3.8) is 0 Å². The van der Waals surface area contributed by atoms with Crippen LogP contribution in [0.1, 0.15) is 60.3 Å². The van der Waals surface area contributed by atoms with Crippen molar-refractivity contribution in [2.75, 3.05) is 6.26 Å². The summed E-state index contributed by atoms with van der Waals surface area (Å²) >= 11 is 17.6. The highest BCUT2D eigenvalue weighted by atomic mass is 35.5. The normalized spacial score (nSPS) is 23.3. The first-order valence-corrected chi connectivity index (χ1v) is 13.9. The molecule has 33 heavy (non-hydrogen) atoms. The Morgan fingerprint density at radius 3 is 2.42 bits per heavy atom. The lowest BCUT2D eigenvalue weighted by molar-refractivity contribution is 0.0652. The van der Waals surface area contributed by atoms with Gasteiger partial charge in [0.15, 0.2) is 4.77 Å². The third-order valence-electron chi connectivity index (χ3n) is 6.72. The number of aromatic nitrogens is 2. The van der Waals surface area contributed by atoms with Crippen LogP contribution >= 0.6 is 35.4 Å². The van der Waals surface area contributed by atoms with E-state index in [0.29, 0.717) is 63.7 Å². The number of carbonyl (C=O) groups excluding carboxylic acids is 1. The van der Waals surface area contributed by atoms with Crippen LogP contribution in [0.5, 0.6) is 0 Å².